The van der Waals surface area contributed by atoms with Crippen LogP contribution in [0.15, 0.2) is 54.6 Å². The van der Waals surface area contributed by atoms with Crippen molar-refractivity contribution in [1.29, 1.82) is 0 Å². The topological polar surface area (TPSA) is 91.6 Å². The molecule has 2 aromatic carbocycles. The van der Waals surface area contributed by atoms with E-state index in [-0.39, 0.29) is 11.8 Å². The number of aromatic hydroxyl groups is 2. The van der Waals surface area contributed by atoms with Crippen LogP contribution in [0.5, 0.6) is 11.8 Å². The third kappa shape index (κ3) is 2.84. The Labute approximate surface area is 157 Å². The van der Waals surface area contributed by atoms with Crippen LogP contribution >= 0.6 is 0 Å². The predicted octanol–water partition coefficient (Wildman–Crippen LogP) is 2.99. The number of hydrogen-bond acceptors (Lipinski definition) is 4. The fourth-order valence-electron chi connectivity index (χ4n) is 3.73. The van der Waals surface area contributed by atoms with Crippen molar-refractivity contribution >= 4 is 15.7 Å². The van der Waals surface area contributed by atoms with E-state index in [9.17, 15) is 18.6 Å². The molecule has 0 atom stereocenters. The molecule has 27 heavy (non-hydrogen) atoms. The van der Waals surface area contributed by atoms with E-state index in [1.807, 2.05) is 43.3 Å². The summed E-state index contributed by atoms with van der Waals surface area (Å²) in [6.07, 6.45) is 1.09. The van der Waals surface area contributed by atoms with Crippen molar-refractivity contribution in [1.82, 2.24) is 4.57 Å². The number of benzene rings is 2. The summed E-state index contributed by atoms with van der Waals surface area (Å²) in [6, 6.07) is 16.6. The van der Waals surface area contributed by atoms with E-state index in [0.717, 1.165) is 17.4 Å². The van der Waals surface area contributed by atoms with E-state index in [1.165, 1.54) is 4.57 Å². The van der Waals surface area contributed by atoms with Gasteiger partial charge in [-0.1, -0.05) is 42.5 Å². The van der Waals surface area contributed by atoms with Crippen LogP contribution in [0.1, 0.15) is 29.2 Å². The van der Waals surface area contributed by atoms with Gasteiger partial charge in [0, 0.05) is 16.8 Å². The van der Waals surface area contributed by atoms with Crippen molar-refractivity contribution in [3.05, 3.63) is 76.9 Å². The van der Waals surface area contributed by atoms with E-state index in [4.69, 9.17) is 0 Å². The fourth-order valence-corrected chi connectivity index (χ4v) is 4.28. The summed E-state index contributed by atoms with van der Waals surface area (Å²) in [5.74, 6) is 0.0747. The van der Waals surface area contributed by atoms with Gasteiger partial charge in [-0.05, 0) is 30.2 Å². The minimum Gasteiger partial charge on any atom is -0.494 e. The Morgan fingerprint density at radius 1 is 1.00 bits per heavy atom. The lowest BCUT2D eigenvalue weighted by Crippen LogP contribution is -2.13. The van der Waals surface area contributed by atoms with Gasteiger partial charge in [0.1, 0.15) is 0 Å². The summed E-state index contributed by atoms with van der Waals surface area (Å²) in [7, 11) is -3.38. The van der Waals surface area contributed by atoms with E-state index < -0.39 is 15.4 Å². The van der Waals surface area contributed by atoms with Crippen molar-refractivity contribution in [2.45, 2.75) is 18.9 Å². The minimum absolute atomic E-state index is 0.0373. The molecule has 1 aromatic heterocycles. The summed E-state index contributed by atoms with van der Waals surface area (Å²) in [6.45, 7) is 2.28. The van der Waals surface area contributed by atoms with Crippen LogP contribution in [-0.4, -0.2) is 29.5 Å². The summed E-state index contributed by atoms with van der Waals surface area (Å²) >= 11 is 0. The lowest BCUT2D eigenvalue weighted by atomic mass is 9.92. The maximum Gasteiger partial charge on any atom is 0.229 e. The van der Waals surface area contributed by atoms with Crippen LogP contribution in [0.25, 0.3) is 0 Å². The first-order valence-corrected chi connectivity index (χ1v) is 10.4. The van der Waals surface area contributed by atoms with Gasteiger partial charge in [-0.15, -0.1) is 0 Å². The third-order valence-corrected chi connectivity index (χ3v) is 5.68. The quantitative estimate of drug-likeness (QED) is 0.631. The first-order chi connectivity index (χ1) is 12.7. The molecule has 0 radical (unpaired) electrons. The second-order valence-corrected chi connectivity index (χ2v) is 8.80. The van der Waals surface area contributed by atoms with Gasteiger partial charge in [-0.2, -0.15) is 0 Å². The zero-order valence-corrected chi connectivity index (χ0v) is 15.8. The number of nitrogens with zero attached hydrogens (tertiary/aromatic N) is 1. The van der Waals surface area contributed by atoms with Crippen LogP contribution in [0.2, 0.25) is 0 Å². The summed E-state index contributed by atoms with van der Waals surface area (Å²) < 4.78 is 26.9. The molecular weight excluding hydrogens is 364 g/mol. The maximum absolute atomic E-state index is 11.5. The molecule has 0 fully saturated rings. The molecule has 0 saturated heterocycles. The maximum atomic E-state index is 11.5. The molecule has 4 rings (SSSR count). The summed E-state index contributed by atoms with van der Waals surface area (Å²) in [4.78, 5) is 0. The third-order valence-electron chi connectivity index (χ3n) is 5.07. The first-order valence-electron chi connectivity index (χ1n) is 8.49. The van der Waals surface area contributed by atoms with Crippen molar-refractivity contribution in [3.8, 4) is 11.8 Å². The molecular formula is C20H20N2O4S. The van der Waals surface area contributed by atoms with Gasteiger partial charge in [0.05, 0.1) is 18.2 Å². The standard InChI is InChI=1S/C20H20N2O4S/c1-20(14-9-6-10-15(11-14)21-27(2,25)26)16-17(20)19(24)22(18(16)23)12-13-7-4-3-5-8-13/h3-11,21,23-24H,12H2,1-2H3. The molecule has 1 aliphatic rings. The number of nitrogens with one attached hydrogen (secondary N) is 1. The molecule has 0 amide bonds. The Kier molecular flexibility index (Phi) is 3.75. The van der Waals surface area contributed by atoms with Crippen LogP contribution in [-0.2, 0) is 22.0 Å². The van der Waals surface area contributed by atoms with E-state index in [2.05, 4.69) is 4.72 Å². The van der Waals surface area contributed by atoms with E-state index in [0.29, 0.717) is 23.4 Å². The highest BCUT2D eigenvalue weighted by molar-refractivity contribution is 7.92. The molecule has 7 heteroatoms. The number of sulfonamides is 1. The molecule has 1 heterocycles. The molecule has 0 saturated carbocycles. The Balaban J connectivity index is 1.68. The Morgan fingerprint density at radius 3 is 2.22 bits per heavy atom. The van der Waals surface area contributed by atoms with Crippen molar-refractivity contribution in [2.24, 2.45) is 0 Å². The average Bonchev–Trinajstić information content (AvgIpc) is 3.17. The van der Waals surface area contributed by atoms with Gasteiger partial charge in [-0.25, -0.2) is 8.42 Å². The first kappa shape index (κ1) is 17.5. The molecule has 140 valence electrons. The van der Waals surface area contributed by atoms with Gasteiger partial charge in [0.25, 0.3) is 0 Å². The monoisotopic (exact) mass is 384 g/mol. The molecule has 0 unspecified atom stereocenters. The largest absolute Gasteiger partial charge is 0.494 e. The van der Waals surface area contributed by atoms with E-state index >= 15 is 0 Å². The molecule has 0 bridgehead atoms. The Bertz CT molecular complexity index is 1110. The lowest BCUT2D eigenvalue weighted by molar-refractivity contribution is 0.364. The summed E-state index contributed by atoms with van der Waals surface area (Å²) in [5, 5.41) is 21.4. The van der Waals surface area contributed by atoms with Crippen molar-refractivity contribution < 1.29 is 18.6 Å². The summed E-state index contributed by atoms with van der Waals surface area (Å²) in [5.41, 5.74) is 2.94. The second-order valence-electron chi connectivity index (χ2n) is 7.05. The molecule has 6 nitrogen and oxygen atoms in total. The van der Waals surface area contributed by atoms with Gasteiger partial charge >= 0.3 is 0 Å². The zero-order chi connectivity index (χ0) is 19.4. The molecule has 1 aliphatic carbocycles. The van der Waals surface area contributed by atoms with Gasteiger partial charge in [0.15, 0.2) is 11.8 Å². The molecule has 3 aromatic rings. The average molecular weight is 384 g/mol. The van der Waals surface area contributed by atoms with E-state index in [1.54, 1.807) is 18.2 Å². The normalized spacial score (nSPS) is 14.6. The van der Waals surface area contributed by atoms with Crippen LogP contribution < -0.4 is 4.72 Å². The number of anilines is 1. The number of rotatable bonds is 5. The number of hydrogen-bond donors (Lipinski definition) is 3. The fraction of sp³-hybridized carbons (Fsp3) is 0.200. The van der Waals surface area contributed by atoms with Gasteiger partial charge in [-0.3, -0.25) is 9.29 Å². The highest BCUT2D eigenvalue weighted by atomic mass is 32.2. The minimum atomic E-state index is -3.38. The van der Waals surface area contributed by atoms with Gasteiger partial charge in [0.2, 0.25) is 10.0 Å². The smallest absolute Gasteiger partial charge is 0.229 e. The van der Waals surface area contributed by atoms with Crippen molar-refractivity contribution in [3.63, 3.8) is 0 Å². The molecule has 0 aliphatic heterocycles. The Morgan fingerprint density at radius 2 is 1.63 bits per heavy atom. The Hall–Kier alpha value is -2.93. The molecule has 3 N–H and O–H groups in total. The lowest BCUT2D eigenvalue weighted by Gasteiger charge is -2.18. The zero-order valence-electron chi connectivity index (χ0n) is 15.0. The second kappa shape index (κ2) is 5.79. The van der Waals surface area contributed by atoms with Crippen LogP contribution in [0.3, 0.4) is 0 Å². The number of fused-ring (bicyclic) bond motifs is 1. The highest BCUT2D eigenvalue weighted by Crippen LogP contribution is 2.64. The SMILES string of the molecule is CC1(c2cccc(NS(C)(=O)=O)c2)c2c1c(O)n(Cc1ccccc1)c2O. The van der Waals surface area contributed by atoms with Crippen LogP contribution in [0, 0.1) is 0 Å². The molecule has 0 spiro atoms. The van der Waals surface area contributed by atoms with Gasteiger partial charge < -0.3 is 10.2 Å². The van der Waals surface area contributed by atoms with Crippen LogP contribution in [0.4, 0.5) is 5.69 Å². The van der Waals surface area contributed by atoms with Crippen molar-refractivity contribution in [2.75, 3.05) is 11.0 Å². The number of aromatic nitrogens is 1. The highest BCUT2D eigenvalue weighted by Gasteiger charge is 2.56. The predicted molar refractivity (Wildman–Crippen MR) is 104 cm³/mol.